The predicted octanol–water partition coefficient (Wildman–Crippen LogP) is 7.52. The number of aryl methyl sites for hydroxylation is 2. The molecule has 0 aliphatic carbocycles. The van der Waals surface area contributed by atoms with E-state index in [9.17, 15) is 22.0 Å². The molecule has 3 N–H and O–H groups in total. The van der Waals surface area contributed by atoms with Gasteiger partial charge in [0.05, 0.1) is 17.2 Å². The Kier molecular flexibility index (Phi) is 10.8. The number of anilines is 1. The number of fused-ring (bicyclic) bond motifs is 1. The molecule has 222 valence electrons. The van der Waals surface area contributed by atoms with Gasteiger partial charge in [-0.05, 0) is 30.9 Å². The van der Waals surface area contributed by atoms with Crippen LogP contribution in [0.25, 0.3) is 27.1 Å². The minimum atomic E-state index is -4.25. The quantitative estimate of drug-likeness (QED) is 0.160. The van der Waals surface area contributed by atoms with Gasteiger partial charge in [0.2, 0.25) is 11.8 Å². The minimum absolute atomic E-state index is 0.277. The summed E-state index contributed by atoms with van der Waals surface area (Å²) in [7, 11) is 0. The molecule has 0 radical (unpaired) electrons. The number of hydrogen-bond donors (Lipinski definition) is 2. The number of halogens is 5. The molecule has 0 spiro atoms. The summed E-state index contributed by atoms with van der Waals surface area (Å²) in [4.78, 5) is 14.1. The van der Waals surface area contributed by atoms with Crippen molar-refractivity contribution in [1.29, 1.82) is 0 Å². The van der Waals surface area contributed by atoms with Gasteiger partial charge < -0.3 is 21.1 Å². The molecular formula is C26H25F5N6O2OsS-2. The van der Waals surface area contributed by atoms with Crippen molar-refractivity contribution in [3.05, 3.63) is 65.8 Å². The molecule has 1 atom stereocenters. The first-order valence-corrected chi connectivity index (χ1v) is 13.8. The Hall–Kier alpha value is -3.14. The third-order valence-corrected chi connectivity index (χ3v) is 6.60. The molecule has 0 bridgehead atoms. The second-order valence-corrected chi connectivity index (χ2v) is 10.2. The van der Waals surface area contributed by atoms with E-state index in [-0.39, 0.29) is 18.9 Å². The number of piperidine rings is 1. The van der Waals surface area contributed by atoms with Crippen LogP contribution in [-0.2, 0) is 22.1 Å². The molecule has 1 saturated heterocycles. The molecule has 3 heterocycles. The number of ether oxygens (including phenoxy) is 1. The molecule has 2 aromatic carbocycles. The Morgan fingerprint density at radius 2 is 1.83 bits per heavy atom. The van der Waals surface area contributed by atoms with Crippen LogP contribution in [0.1, 0.15) is 17.0 Å². The summed E-state index contributed by atoms with van der Waals surface area (Å²) in [5, 5.41) is 8.19. The van der Waals surface area contributed by atoms with Gasteiger partial charge in [0.25, 0.3) is 12.1 Å². The summed E-state index contributed by atoms with van der Waals surface area (Å²) in [6.45, 7) is 5.65. The second-order valence-electron chi connectivity index (χ2n) is 9.00. The molecule has 0 amide bonds. The van der Waals surface area contributed by atoms with Crippen molar-refractivity contribution >= 4 is 33.7 Å². The average Bonchev–Trinajstić information content (AvgIpc) is 3.26. The zero-order valence-corrected chi connectivity index (χ0v) is 25.1. The number of hydrogen-bond acceptors (Lipinski definition) is 8. The average molecular weight is 771 g/mol. The molecule has 4 aromatic rings. The molecule has 15 heteroatoms. The van der Waals surface area contributed by atoms with E-state index in [1.54, 1.807) is 25.3 Å². The molecule has 0 unspecified atom stereocenters. The van der Waals surface area contributed by atoms with E-state index < -0.39 is 18.1 Å². The predicted molar refractivity (Wildman–Crippen MR) is 143 cm³/mol. The number of benzene rings is 2. The van der Waals surface area contributed by atoms with Gasteiger partial charge in [-0.15, -0.1) is 17.0 Å². The van der Waals surface area contributed by atoms with Gasteiger partial charge in [0, 0.05) is 30.6 Å². The van der Waals surface area contributed by atoms with Gasteiger partial charge in [-0.25, -0.2) is 43.8 Å². The van der Waals surface area contributed by atoms with Crippen LogP contribution in [0.5, 0.6) is 11.6 Å². The fourth-order valence-electron chi connectivity index (χ4n) is 4.13. The number of alkyl halides is 5. The molecule has 8 nitrogen and oxygen atoms in total. The van der Waals surface area contributed by atoms with E-state index in [0.29, 0.717) is 53.0 Å². The first-order chi connectivity index (χ1) is 19.3. The zero-order valence-electron chi connectivity index (χ0n) is 21.8. The maximum absolute atomic E-state index is 13.8. The Labute approximate surface area is 247 Å². The van der Waals surface area contributed by atoms with Crippen molar-refractivity contribution in [1.82, 2.24) is 20.3 Å². The molecule has 41 heavy (non-hydrogen) atoms. The fourth-order valence-corrected chi connectivity index (χ4v) is 4.95. The van der Waals surface area contributed by atoms with Crippen molar-refractivity contribution in [3.8, 4) is 22.2 Å². The monoisotopic (exact) mass is 772 g/mol. The standard InChI is InChI=1S/C24H23F2N6OS.C2H2F3.O.Os/c1-13-9-18(27)16-5-3-4-6-17(16)20(13)33-22-21(34-14(2)30-22)19-7-8-29-23(32-19)31-15-10-24(25,26)12-28-11-15;1-2(3,4)5;;/h3-9,15,27-28H,10-12H2,1-2H3,(H,29,31,32);1H2;;/q2*-1;;/t15-;;;/m0.../s1. The number of nitrogens with zero attached hydrogens (tertiary/aromatic N) is 3. The van der Waals surface area contributed by atoms with E-state index >= 15 is 0 Å². The fraction of sp³-hybridized carbons (Fsp3) is 0.308. The van der Waals surface area contributed by atoms with E-state index in [0.717, 1.165) is 21.3 Å². The van der Waals surface area contributed by atoms with E-state index in [1.807, 2.05) is 38.1 Å². The van der Waals surface area contributed by atoms with Crippen LogP contribution in [0.3, 0.4) is 0 Å². The second kappa shape index (κ2) is 13.7. The third-order valence-electron chi connectivity index (χ3n) is 5.62. The molecule has 5 rings (SSSR count). The van der Waals surface area contributed by atoms with Crippen LogP contribution in [-0.4, -0.2) is 46.2 Å². The number of thiazole rings is 1. The number of aromatic nitrogens is 3. The van der Waals surface area contributed by atoms with Crippen LogP contribution >= 0.6 is 11.3 Å². The number of rotatable bonds is 5. The SMILES string of the molecule is Cc1nc(Oc2c(C)cc([NH-])c3ccccc23)c(-c2ccnc(N[C@@H]3CNCC(F)(F)C3)n2)s1.[CH2-]C(F)(F)F.[O]=[Os]. The first kappa shape index (κ1) is 32.4. The van der Waals surface area contributed by atoms with Crippen LogP contribution in [0.4, 0.5) is 33.6 Å². The topological polar surface area (TPSA) is 113 Å². The van der Waals surface area contributed by atoms with E-state index in [4.69, 9.17) is 14.0 Å². The summed E-state index contributed by atoms with van der Waals surface area (Å²) >= 11 is 2.04. The van der Waals surface area contributed by atoms with Crippen molar-refractivity contribution in [2.24, 2.45) is 0 Å². The third kappa shape index (κ3) is 9.18. The van der Waals surface area contributed by atoms with Crippen LogP contribution < -0.4 is 15.4 Å². The van der Waals surface area contributed by atoms with Gasteiger partial charge in [-0.2, -0.15) is 0 Å². The maximum atomic E-state index is 13.8. The van der Waals surface area contributed by atoms with Gasteiger partial charge in [0.15, 0.2) is 0 Å². The Bertz CT molecular complexity index is 1480. The summed E-state index contributed by atoms with van der Waals surface area (Å²) in [5.41, 5.74) is 10.1. The Morgan fingerprint density at radius 1 is 1.17 bits per heavy atom. The van der Waals surface area contributed by atoms with Gasteiger partial charge >= 0.3 is 22.1 Å². The van der Waals surface area contributed by atoms with E-state index in [2.05, 4.69) is 25.6 Å². The normalized spacial score (nSPS) is 16.2. The molecule has 1 fully saturated rings. The zero-order chi connectivity index (χ0) is 30.4. The number of nitrogens with one attached hydrogen (secondary N) is 3. The van der Waals surface area contributed by atoms with Crippen molar-refractivity contribution in [2.45, 2.75) is 38.4 Å². The summed E-state index contributed by atoms with van der Waals surface area (Å²) in [6, 6.07) is 10.7. The first-order valence-electron chi connectivity index (χ1n) is 11.9. The van der Waals surface area contributed by atoms with E-state index in [1.165, 1.54) is 11.3 Å². The summed E-state index contributed by atoms with van der Waals surface area (Å²) < 4.78 is 72.8. The molecule has 1 aliphatic heterocycles. The van der Waals surface area contributed by atoms with Crippen molar-refractivity contribution < 1.29 is 48.8 Å². The molecule has 0 saturated carbocycles. The van der Waals surface area contributed by atoms with Crippen LogP contribution in [0.15, 0.2) is 42.6 Å². The van der Waals surface area contributed by atoms with Gasteiger partial charge in [-0.3, -0.25) is 0 Å². The van der Waals surface area contributed by atoms with Crippen LogP contribution in [0.2, 0.25) is 0 Å². The van der Waals surface area contributed by atoms with Gasteiger partial charge in [0.1, 0.15) is 10.6 Å². The Balaban J connectivity index is 0.000000598. The Morgan fingerprint density at radius 3 is 2.49 bits per heavy atom. The molecule has 2 aromatic heterocycles. The summed E-state index contributed by atoms with van der Waals surface area (Å²) in [6.07, 6.45) is -2.94. The summed E-state index contributed by atoms with van der Waals surface area (Å²) in [5.74, 6) is -1.44. The van der Waals surface area contributed by atoms with Crippen molar-refractivity contribution in [3.63, 3.8) is 0 Å². The van der Waals surface area contributed by atoms with Crippen LogP contribution in [0, 0.1) is 20.8 Å². The van der Waals surface area contributed by atoms with Gasteiger partial charge in [-0.1, -0.05) is 30.3 Å². The van der Waals surface area contributed by atoms with Crippen molar-refractivity contribution in [2.75, 3.05) is 18.4 Å². The molecular weight excluding hydrogens is 746 g/mol. The molecule has 1 aliphatic rings.